The van der Waals surface area contributed by atoms with Crippen LogP contribution in [0.2, 0.25) is 5.02 Å². The molecule has 38 heavy (non-hydrogen) atoms. The van der Waals surface area contributed by atoms with E-state index in [0.717, 1.165) is 67.7 Å². The maximum absolute atomic E-state index is 11.1. The molecule has 0 unspecified atom stereocenters. The van der Waals surface area contributed by atoms with Gasteiger partial charge in [0.15, 0.2) is 0 Å². The summed E-state index contributed by atoms with van der Waals surface area (Å²) in [6.07, 6.45) is 9.61. The van der Waals surface area contributed by atoms with Crippen molar-refractivity contribution in [3.63, 3.8) is 0 Å². The highest BCUT2D eigenvalue weighted by molar-refractivity contribution is 6.32. The van der Waals surface area contributed by atoms with E-state index in [1.165, 1.54) is 4.90 Å². The number of halogens is 1. The minimum Gasteiger partial charge on any atom is -0.496 e. The number of nitrogens with zero attached hydrogens (tertiary/aromatic N) is 3. The number of ether oxygens (including phenoxy) is 2. The number of hydrogen-bond donors (Lipinski definition) is 3. The Balaban J connectivity index is 1.15. The number of fused-ring (bicyclic) bond motifs is 1. The number of pyridine rings is 1. The standard InChI is InChI=1S/C28H36ClN5O4/c1-37-25-15-26(38-2)23(29)14-22(25)24-17-34-12-9-21(13-27(34)32-24)31-20-5-3-19(4-6-20)30-16-18-7-10-33(11-8-18)28(35)36/h9,12-15,17-20,30-31H,3-8,10-11,16H2,1-2H3,(H,35,36)/t19-,20+. The summed E-state index contributed by atoms with van der Waals surface area (Å²) in [7, 11) is 3.21. The van der Waals surface area contributed by atoms with Crippen LogP contribution in [0.3, 0.4) is 0 Å². The smallest absolute Gasteiger partial charge is 0.407 e. The molecule has 2 fully saturated rings. The monoisotopic (exact) mass is 541 g/mol. The number of anilines is 1. The van der Waals surface area contributed by atoms with Gasteiger partial charge in [-0.2, -0.15) is 0 Å². The fraction of sp³-hybridized carbons (Fsp3) is 0.500. The molecule has 0 bridgehead atoms. The van der Waals surface area contributed by atoms with Crippen molar-refractivity contribution in [2.75, 3.05) is 39.2 Å². The van der Waals surface area contributed by atoms with Crippen LogP contribution in [0.1, 0.15) is 38.5 Å². The molecule has 1 amide bonds. The van der Waals surface area contributed by atoms with Crippen molar-refractivity contribution in [2.45, 2.75) is 50.6 Å². The molecule has 10 heteroatoms. The van der Waals surface area contributed by atoms with Gasteiger partial charge in [-0.25, -0.2) is 9.78 Å². The molecule has 1 saturated carbocycles. The van der Waals surface area contributed by atoms with Gasteiger partial charge in [0, 0.05) is 61.0 Å². The lowest BCUT2D eigenvalue weighted by Gasteiger charge is -2.33. The first-order valence-electron chi connectivity index (χ1n) is 13.3. The van der Waals surface area contributed by atoms with Crippen LogP contribution in [0, 0.1) is 5.92 Å². The fourth-order valence-corrected chi connectivity index (χ4v) is 5.84. The molecular formula is C28H36ClN5O4. The van der Waals surface area contributed by atoms with E-state index in [-0.39, 0.29) is 0 Å². The van der Waals surface area contributed by atoms with Crippen LogP contribution >= 0.6 is 11.6 Å². The number of hydrogen-bond acceptors (Lipinski definition) is 6. The first-order valence-corrected chi connectivity index (χ1v) is 13.7. The first kappa shape index (κ1) is 26.4. The summed E-state index contributed by atoms with van der Waals surface area (Å²) >= 11 is 6.37. The van der Waals surface area contributed by atoms with Gasteiger partial charge in [-0.05, 0) is 63.1 Å². The molecule has 3 heterocycles. The number of aromatic nitrogens is 2. The zero-order valence-corrected chi connectivity index (χ0v) is 22.7. The van der Waals surface area contributed by atoms with Gasteiger partial charge in [0.05, 0.1) is 24.9 Å². The number of imidazole rings is 1. The number of carboxylic acid groups (broad SMARTS) is 1. The molecule has 0 radical (unpaired) electrons. The molecule has 0 atom stereocenters. The van der Waals surface area contributed by atoms with Crippen LogP contribution in [0.15, 0.2) is 36.7 Å². The van der Waals surface area contributed by atoms with Gasteiger partial charge in [-0.15, -0.1) is 0 Å². The Labute approximate surface area is 228 Å². The van der Waals surface area contributed by atoms with Crippen molar-refractivity contribution < 1.29 is 19.4 Å². The Morgan fingerprint density at radius 3 is 2.45 bits per heavy atom. The van der Waals surface area contributed by atoms with Crippen LogP contribution < -0.4 is 20.1 Å². The number of likely N-dealkylation sites (tertiary alicyclic amines) is 1. The summed E-state index contributed by atoms with van der Waals surface area (Å²) in [5.74, 6) is 1.79. The Morgan fingerprint density at radius 2 is 1.76 bits per heavy atom. The number of carbonyl (C=O) groups is 1. The van der Waals surface area contributed by atoms with E-state index in [0.29, 0.717) is 47.6 Å². The largest absolute Gasteiger partial charge is 0.496 e. The van der Waals surface area contributed by atoms with E-state index in [1.807, 2.05) is 22.9 Å². The molecule has 204 valence electrons. The topological polar surface area (TPSA) is 100 Å². The first-order chi connectivity index (χ1) is 18.4. The van der Waals surface area contributed by atoms with Gasteiger partial charge in [-0.1, -0.05) is 11.6 Å². The molecule has 1 aliphatic carbocycles. The van der Waals surface area contributed by atoms with Crippen LogP contribution in [-0.2, 0) is 0 Å². The van der Waals surface area contributed by atoms with E-state index >= 15 is 0 Å². The molecule has 2 aromatic heterocycles. The van der Waals surface area contributed by atoms with Crippen molar-refractivity contribution in [1.82, 2.24) is 19.6 Å². The highest BCUT2D eigenvalue weighted by Crippen LogP contribution is 2.38. The lowest BCUT2D eigenvalue weighted by Crippen LogP contribution is -2.43. The second-order valence-corrected chi connectivity index (χ2v) is 10.7. The van der Waals surface area contributed by atoms with Crippen LogP contribution in [0.25, 0.3) is 16.9 Å². The predicted octanol–water partition coefficient (Wildman–Crippen LogP) is 5.37. The molecule has 1 aliphatic heterocycles. The zero-order chi connectivity index (χ0) is 26.6. The van der Waals surface area contributed by atoms with Gasteiger partial charge in [0.25, 0.3) is 0 Å². The molecular weight excluding hydrogens is 506 g/mol. The van der Waals surface area contributed by atoms with Crippen LogP contribution in [0.5, 0.6) is 11.5 Å². The Bertz CT molecular complexity index is 1270. The average Bonchev–Trinajstić information content (AvgIpc) is 3.36. The third-order valence-corrected chi connectivity index (χ3v) is 8.18. The van der Waals surface area contributed by atoms with Gasteiger partial charge >= 0.3 is 6.09 Å². The van der Waals surface area contributed by atoms with Gasteiger partial charge in [0.1, 0.15) is 17.1 Å². The van der Waals surface area contributed by atoms with E-state index in [2.05, 4.69) is 22.8 Å². The maximum atomic E-state index is 11.1. The number of nitrogens with one attached hydrogen (secondary N) is 2. The summed E-state index contributed by atoms with van der Waals surface area (Å²) in [4.78, 5) is 17.5. The predicted molar refractivity (Wildman–Crippen MR) is 149 cm³/mol. The van der Waals surface area contributed by atoms with Crippen molar-refractivity contribution in [3.8, 4) is 22.8 Å². The molecule has 9 nitrogen and oxygen atoms in total. The van der Waals surface area contributed by atoms with E-state index in [4.69, 9.17) is 31.2 Å². The zero-order valence-electron chi connectivity index (χ0n) is 22.0. The normalized spacial score (nSPS) is 20.4. The number of methoxy groups -OCH3 is 2. The number of piperidine rings is 1. The van der Waals surface area contributed by atoms with Gasteiger partial charge in [-0.3, -0.25) is 0 Å². The second kappa shape index (κ2) is 11.7. The Morgan fingerprint density at radius 1 is 1.05 bits per heavy atom. The summed E-state index contributed by atoms with van der Waals surface area (Å²) in [5, 5.41) is 17.1. The van der Waals surface area contributed by atoms with Crippen molar-refractivity contribution in [1.29, 1.82) is 0 Å². The third-order valence-electron chi connectivity index (χ3n) is 7.89. The van der Waals surface area contributed by atoms with Crippen LogP contribution in [0.4, 0.5) is 10.5 Å². The summed E-state index contributed by atoms with van der Waals surface area (Å²) in [6.45, 7) is 2.30. The lowest BCUT2D eigenvalue weighted by atomic mass is 9.90. The maximum Gasteiger partial charge on any atom is 0.407 e. The SMILES string of the molecule is COc1cc(OC)c(-c2cn3ccc(N[C@H]4CC[C@@H](NCC5CCN(C(=O)O)CC5)CC4)cc3n2)cc1Cl. The quantitative estimate of drug-likeness (QED) is 0.352. The average molecular weight is 542 g/mol. The van der Waals surface area contributed by atoms with E-state index < -0.39 is 6.09 Å². The molecule has 3 aromatic rings. The van der Waals surface area contributed by atoms with E-state index in [9.17, 15) is 4.79 Å². The number of benzene rings is 1. The van der Waals surface area contributed by atoms with Gasteiger partial charge in [0.2, 0.25) is 0 Å². The van der Waals surface area contributed by atoms with Crippen molar-refractivity contribution in [3.05, 3.63) is 41.7 Å². The minimum absolute atomic E-state index is 0.434. The van der Waals surface area contributed by atoms with Crippen molar-refractivity contribution >= 4 is 29.0 Å². The van der Waals surface area contributed by atoms with Crippen LogP contribution in [-0.4, -0.2) is 71.4 Å². The molecule has 1 aromatic carbocycles. The summed E-state index contributed by atoms with van der Waals surface area (Å²) in [5.41, 5.74) is 3.51. The lowest BCUT2D eigenvalue weighted by molar-refractivity contribution is 0.123. The fourth-order valence-electron chi connectivity index (χ4n) is 5.60. The summed E-state index contributed by atoms with van der Waals surface area (Å²) in [6, 6.07) is 8.74. The highest BCUT2D eigenvalue weighted by Gasteiger charge is 2.25. The molecule has 0 spiro atoms. The minimum atomic E-state index is -0.794. The second-order valence-electron chi connectivity index (χ2n) is 10.3. The Kier molecular flexibility index (Phi) is 8.14. The van der Waals surface area contributed by atoms with E-state index in [1.54, 1.807) is 20.3 Å². The molecule has 1 saturated heterocycles. The highest BCUT2D eigenvalue weighted by atomic mass is 35.5. The summed E-state index contributed by atoms with van der Waals surface area (Å²) < 4.78 is 12.9. The molecule has 3 N–H and O–H groups in total. The van der Waals surface area contributed by atoms with Gasteiger partial charge < -0.3 is 34.5 Å². The molecule has 2 aliphatic rings. The van der Waals surface area contributed by atoms with Crippen molar-refractivity contribution in [2.24, 2.45) is 5.92 Å². The number of amides is 1. The number of rotatable bonds is 8. The third kappa shape index (κ3) is 5.94. The molecule has 5 rings (SSSR count). The Hall–Kier alpha value is -3.17.